The number of carbonyl (C=O) groups excluding carboxylic acids is 1. The number of benzene rings is 3. The monoisotopic (exact) mass is 476 g/mol. The average Bonchev–Trinajstić information content (AvgIpc) is 2.74. The predicted molar refractivity (Wildman–Crippen MR) is 125 cm³/mol. The molecule has 1 amide bonds. The molecule has 0 aromatic heterocycles. The van der Waals surface area contributed by atoms with Gasteiger partial charge in [0.05, 0.1) is 22.2 Å². The van der Waals surface area contributed by atoms with Crippen LogP contribution in [0.5, 0.6) is 0 Å². The van der Waals surface area contributed by atoms with Gasteiger partial charge in [-0.25, -0.2) is 8.42 Å². The Balaban J connectivity index is 1.83. The zero-order valence-corrected chi connectivity index (χ0v) is 19.2. The van der Waals surface area contributed by atoms with Crippen LogP contribution >= 0.6 is 23.2 Å². The van der Waals surface area contributed by atoms with Crippen LogP contribution in [0.25, 0.3) is 0 Å². The van der Waals surface area contributed by atoms with E-state index in [-0.39, 0.29) is 18.0 Å². The zero-order valence-electron chi connectivity index (χ0n) is 16.9. The highest BCUT2D eigenvalue weighted by Crippen LogP contribution is 2.25. The van der Waals surface area contributed by atoms with E-state index in [1.165, 1.54) is 10.4 Å². The second kappa shape index (κ2) is 10.3. The van der Waals surface area contributed by atoms with Crippen molar-refractivity contribution in [1.29, 1.82) is 0 Å². The minimum absolute atomic E-state index is 0.139. The van der Waals surface area contributed by atoms with Crippen LogP contribution in [0.3, 0.4) is 0 Å². The van der Waals surface area contributed by atoms with Crippen molar-refractivity contribution in [2.45, 2.75) is 18.2 Å². The molecule has 0 aliphatic carbocycles. The average molecular weight is 477 g/mol. The molecule has 0 bridgehead atoms. The van der Waals surface area contributed by atoms with E-state index in [0.29, 0.717) is 22.2 Å². The van der Waals surface area contributed by atoms with E-state index in [4.69, 9.17) is 23.2 Å². The van der Waals surface area contributed by atoms with Gasteiger partial charge in [-0.05, 0) is 49.2 Å². The molecule has 0 heterocycles. The molecule has 0 saturated heterocycles. The maximum atomic E-state index is 13.3. The molecule has 0 aliphatic heterocycles. The Bertz CT molecular complexity index is 1150. The number of rotatable bonds is 8. The first kappa shape index (κ1) is 23.3. The number of carbonyl (C=O) groups is 1. The summed E-state index contributed by atoms with van der Waals surface area (Å²) in [5, 5.41) is 3.38. The second-order valence-corrected chi connectivity index (χ2v) is 9.84. The number of nitrogens with zero attached hydrogens (tertiary/aromatic N) is 1. The molecule has 31 heavy (non-hydrogen) atoms. The lowest BCUT2D eigenvalue weighted by atomic mass is 10.1. The summed E-state index contributed by atoms with van der Waals surface area (Å²) in [5.74, 6) is -0.507. The topological polar surface area (TPSA) is 66.5 Å². The van der Waals surface area contributed by atoms with Crippen molar-refractivity contribution in [3.05, 3.63) is 94.0 Å². The second-order valence-electron chi connectivity index (χ2n) is 7.06. The van der Waals surface area contributed by atoms with Crippen LogP contribution in [0.4, 0.5) is 5.69 Å². The highest BCUT2D eigenvalue weighted by molar-refractivity contribution is 7.89. The van der Waals surface area contributed by atoms with Crippen molar-refractivity contribution < 1.29 is 13.2 Å². The van der Waals surface area contributed by atoms with Gasteiger partial charge >= 0.3 is 0 Å². The van der Waals surface area contributed by atoms with Crippen LogP contribution in [0.15, 0.2) is 77.7 Å². The molecule has 0 radical (unpaired) electrons. The third-order valence-electron chi connectivity index (χ3n) is 4.67. The van der Waals surface area contributed by atoms with Gasteiger partial charge in [0, 0.05) is 11.6 Å². The Morgan fingerprint density at radius 2 is 1.65 bits per heavy atom. The minimum Gasteiger partial charge on any atom is -0.324 e. The van der Waals surface area contributed by atoms with Crippen molar-refractivity contribution in [1.82, 2.24) is 4.31 Å². The maximum Gasteiger partial charge on any atom is 0.243 e. The fourth-order valence-electron chi connectivity index (χ4n) is 2.99. The molecular weight excluding hydrogens is 455 g/mol. The number of hydrogen-bond acceptors (Lipinski definition) is 3. The molecule has 8 heteroatoms. The van der Waals surface area contributed by atoms with Crippen LogP contribution in [0, 0.1) is 6.92 Å². The van der Waals surface area contributed by atoms with E-state index in [2.05, 4.69) is 5.32 Å². The molecule has 0 fully saturated rings. The summed E-state index contributed by atoms with van der Waals surface area (Å²) in [7, 11) is -3.88. The molecule has 0 unspecified atom stereocenters. The lowest BCUT2D eigenvalue weighted by Crippen LogP contribution is -2.39. The van der Waals surface area contributed by atoms with E-state index in [0.717, 1.165) is 11.1 Å². The van der Waals surface area contributed by atoms with E-state index in [1.807, 2.05) is 37.3 Å². The zero-order chi connectivity index (χ0) is 22.4. The SMILES string of the molecule is Cc1ccc(S(=O)(=O)N(CCc2ccccc2)CC(=O)Nc2cc(Cl)ccc2Cl)cc1. The van der Waals surface area contributed by atoms with Crippen molar-refractivity contribution in [2.24, 2.45) is 0 Å². The summed E-state index contributed by atoms with van der Waals surface area (Å²) >= 11 is 12.1. The molecule has 3 rings (SSSR count). The summed E-state index contributed by atoms with van der Waals surface area (Å²) in [5.41, 5.74) is 2.25. The first-order valence-corrected chi connectivity index (χ1v) is 11.8. The van der Waals surface area contributed by atoms with Crippen molar-refractivity contribution >= 4 is 44.8 Å². The lowest BCUT2D eigenvalue weighted by Gasteiger charge is -2.22. The van der Waals surface area contributed by atoms with E-state index in [9.17, 15) is 13.2 Å². The third kappa shape index (κ3) is 6.31. The fourth-order valence-corrected chi connectivity index (χ4v) is 4.72. The Morgan fingerprint density at radius 1 is 0.968 bits per heavy atom. The number of hydrogen-bond donors (Lipinski definition) is 1. The largest absolute Gasteiger partial charge is 0.324 e. The molecule has 0 saturated carbocycles. The van der Waals surface area contributed by atoms with Gasteiger partial charge in [0.25, 0.3) is 0 Å². The summed E-state index contributed by atoms with van der Waals surface area (Å²) in [6.45, 7) is 1.68. The summed E-state index contributed by atoms with van der Waals surface area (Å²) in [4.78, 5) is 12.8. The normalized spacial score (nSPS) is 11.5. The summed E-state index contributed by atoms with van der Waals surface area (Å²) < 4.78 is 27.7. The number of anilines is 1. The molecule has 0 aliphatic rings. The minimum atomic E-state index is -3.88. The molecule has 5 nitrogen and oxygen atoms in total. The molecule has 3 aromatic carbocycles. The highest BCUT2D eigenvalue weighted by atomic mass is 35.5. The van der Waals surface area contributed by atoms with Crippen LogP contribution in [-0.4, -0.2) is 31.7 Å². The van der Waals surface area contributed by atoms with Gasteiger partial charge in [0.2, 0.25) is 15.9 Å². The molecule has 0 spiro atoms. The number of aryl methyl sites for hydroxylation is 1. The lowest BCUT2D eigenvalue weighted by molar-refractivity contribution is -0.116. The number of halogens is 2. The van der Waals surface area contributed by atoms with Gasteiger partial charge in [-0.3, -0.25) is 4.79 Å². The highest BCUT2D eigenvalue weighted by Gasteiger charge is 2.26. The summed E-state index contributed by atoms with van der Waals surface area (Å²) in [6.07, 6.45) is 0.469. The Hall–Kier alpha value is -2.38. The van der Waals surface area contributed by atoms with E-state index >= 15 is 0 Å². The summed E-state index contributed by atoms with van der Waals surface area (Å²) in [6, 6.07) is 20.8. The van der Waals surface area contributed by atoms with Crippen LogP contribution in [-0.2, 0) is 21.2 Å². The molecule has 1 N–H and O–H groups in total. The smallest absolute Gasteiger partial charge is 0.243 e. The number of nitrogens with one attached hydrogen (secondary N) is 1. The van der Waals surface area contributed by atoms with Crippen LogP contribution in [0.2, 0.25) is 10.0 Å². The Kier molecular flexibility index (Phi) is 7.73. The van der Waals surface area contributed by atoms with Crippen molar-refractivity contribution in [3.8, 4) is 0 Å². The van der Waals surface area contributed by atoms with Crippen LogP contribution in [0.1, 0.15) is 11.1 Å². The maximum absolute atomic E-state index is 13.3. The quantitative estimate of drug-likeness (QED) is 0.487. The first-order chi connectivity index (χ1) is 14.8. The van der Waals surface area contributed by atoms with Crippen molar-refractivity contribution in [2.75, 3.05) is 18.4 Å². The van der Waals surface area contributed by atoms with Gasteiger partial charge < -0.3 is 5.32 Å². The molecule has 0 atom stereocenters. The predicted octanol–water partition coefficient (Wildman–Crippen LogP) is 5.17. The van der Waals surface area contributed by atoms with Crippen molar-refractivity contribution in [3.63, 3.8) is 0 Å². The van der Waals surface area contributed by atoms with Gasteiger partial charge in [-0.2, -0.15) is 4.31 Å². The van der Waals surface area contributed by atoms with E-state index < -0.39 is 15.9 Å². The molecular formula is C23H22Cl2N2O3S. The fraction of sp³-hybridized carbons (Fsp3) is 0.174. The number of sulfonamides is 1. The standard InChI is InChI=1S/C23H22Cl2N2O3S/c1-17-7-10-20(11-8-17)31(29,30)27(14-13-18-5-3-2-4-6-18)16-23(28)26-22-15-19(24)9-12-21(22)25/h2-12,15H,13-14,16H2,1H3,(H,26,28). The first-order valence-electron chi connectivity index (χ1n) is 9.61. The Labute approximate surface area is 192 Å². The van der Waals surface area contributed by atoms with Gasteiger partial charge in [-0.1, -0.05) is 71.2 Å². The Morgan fingerprint density at radius 3 is 2.32 bits per heavy atom. The van der Waals surface area contributed by atoms with Gasteiger partial charge in [0.15, 0.2) is 0 Å². The number of amides is 1. The molecule has 162 valence electrons. The van der Waals surface area contributed by atoms with E-state index in [1.54, 1.807) is 36.4 Å². The third-order valence-corrected chi connectivity index (χ3v) is 7.10. The van der Waals surface area contributed by atoms with Gasteiger partial charge in [0.1, 0.15) is 0 Å². The van der Waals surface area contributed by atoms with Crippen LogP contribution < -0.4 is 5.32 Å². The molecule has 3 aromatic rings. The van der Waals surface area contributed by atoms with Gasteiger partial charge in [-0.15, -0.1) is 0 Å².